The quantitative estimate of drug-likeness (QED) is 0.123. The number of ether oxygens (including phenoxy) is 3. The second-order valence-electron chi connectivity index (χ2n) is 9.95. The van der Waals surface area contributed by atoms with Gasteiger partial charge in [0.2, 0.25) is 0 Å². The lowest BCUT2D eigenvalue weighted by Gasteiger charge is -2.13. The number of nitrogens with one attached hydrogen (secondary N) is 1. The number of thiazole rings is 1. The fourth-order valence-electron chi connectivity index (χ4n) is 4.36. The summed E-state index contributed by atoms with van der Waals surface area (Å²) in [5.41, 5.74) is 3.81. The second kappa shape index (κ2) is 14.4. The third-order valence-corrected chi connectivity index (χ3v) is 8.98. The number of hydrogen-bond donors (Lipinski definition) is 1. The average Bonchev–Trinajstić information content (AvgIpc) is 3.46. The van der Waals surface area contributed by atoms with E-state index in [-0.39, 0.29) is 24.8 Å². The summed E-state index contributed by atoms with van der Waals surface area (Å²) in [6.07, 6.45) is 4.14. The summed E-state index contributed by atoms with van der Waals surface area (Å²) >= 11 is 5.12. The Morgan fingerprint density at radius 1 is 1.05 bits per heavy atom. The summed E-state index contributed by atoms with van der Waals surface area (Å²) in [7, 11) is -1.41. The van der Waals surface area contributed by atoms with Crippen molar-refractivity contribution in [2.24, 2.45) is 0 Å². The molecule has 5 aromatic rings. The number of fused-ring (bicyclic) bond motifs is 1. The third-order valence-electron chi connectivity index (χ3n) is 6.54. The number of rotatable bonds is 14. The molecule has 0 amide bonds. The van der Waals surface area contributed by atoms with Crippen molar-refractivity contribution in [3.8, 4) is 22.8 Å². The minimum atomic E-state index is -3.03. The smallest absolute Gasteiger partial charge is 0.149 e. The van der Waals surface area contributed by atoms with Crippen LogP contribution in [0.2, 0.25) is 0 Å². The van der Waals surface area contributed by atoms with Gasteiger partial charge in [-0.25, -0.2) is 27.8 Å². The summed E-state index contributed by atoms with van der Waals surface area (Å²) in [5, 5.41) is 7.10. The topological polar surface area (TPSA) is 113 Å². The number of halogens is 2. The molecule has 2 heterocycles. The van der Waals surface area contributed by atoms with Gasteiger partial charge in [-0.1, -0.05) is 12.1 Å². The van der Waals surface area contributed by atoms with E-state index in [1.807, 2.05) is 41.8 Å². The number of benzene rings is 3. The maximum Gasteiger partial charge on any atom is 0.149 e. The van der Waals surface area contributed by atoms with Crippen LogP contribution in [0.25, 0.3) is 22.2 Å². The van der Waals surface area contributed by atoms with E-state index >= 15 is 0 Å². The van der Waals surface area contributed by atoms with E-state index in [2.05, 4.69) is 31.2 Å². The average molecular weight is 702 g/mol. The van der Waals surface area contributed by atoms with Crippen molar-refractivity contribution in [1.82, 2.24) is 15.0 Å². The van der Waals surface area contributed by atoms with Gasteiger partial charge in [0.15, 0.2) is 0 Å². The van der Waals surface area contributed by atoms with Crippen molar-refractivity contribution < 1.29 is 27.0 Å². The number of nitrogens with zero attached hydrogens (tertiary/aromatic N) is 3. The summed E-state index contributed by atoms with van der Waals surface area (Å²) in [5.74, 6) is 1.60. The molecule has 0 saturated heterocycles. The predicted molar refractivity (Wildman–Crippen MR) is 174 cm³/mol. The van der Waals surface area contributed by atoms with Gasteiger partial charge < -0.3 is 19.5 Å². The highest BCUT2D eigenvalue weighted by atomic mass is 79.9. The van der Waals surface area contributed by atoms with Crippen LogP contribution in [-0.2, 0) is 27.6 Å². The normalized spacial score (nSPS) is 11.5. The molecule has 2 aromatic heterocycles. The van der Waals surface area contributed by atoms with Crippen LogP contribution in [0.4, 0.5) is 15.9 Å². The van der Waals surface area contributed by atoms with E-state index in [0.29, 0.717) is 35.9 Å². The summed E-state index contributed by atoms with van der Waals surface area (Å²) < 4.78 is 53.7. The van der Waals surface area contributed by atoms with Gasteiger partial charge in [-0.05, 0) is 64.3 Å². The Kier molecular flexibility index (Phi) is 10.4. The Balaban J connectivity index is 1.29. The molecule has 0 aliphatic carbocycles. The zero-order valence-electron chi connectivity index (χ0n) is 24.0. The highest BCUT2D eigenvalue weighted by Gasteiger charge is 2.16. The minimum Gasteiger partial charge on any atom is -0.496 e. The first-order valence-electron chi connectivity index (χ1n) is 13.7. The Hall–Kier alpha value is -3.65. The largest absolute Gasteiger partial charge is 0.496 e. The second-order valence-corrected chi connectivity index (χ2v) is 14.0. The van der Waals surface area contributed by atoms with Crippen LogP contribution in [-0.4, -0.2) is 55.7 Å². The predicted octanol–water partition coefficient (Wildman–Crippen LogP) is 6.98. The molecule has 5 rings (SSSR count). The molecule has 9 nitrogen and oxygen atoms in total. The highest BCUT2D eigenvalue weighted by Crippen LogP contribution is 2.37. The lowest BCUT2D eigenvalue weighted by molar-refractivity contribution is 0.146. The van der Waals surface area contributed by atoms with Gasteiger partial charge in [0.1, 0.15) is 45.9 Å². The zero-order chi connectivity index (χ0) is 31.1. The number of sulfone groups is 1. The molecule has 13 heteroatoms. The van der Waals surface area contributed by atoms with Gasteiger partial charge in [0, 0.05) is 47.4 Å². The van der Waals surface area contributed by atoms with Crippen LogP contribution in [0.1, 0.15) is 17.0 Å². The monoisotopic (exact) mass is 700 g/mol. The molecule has 230 valence electrons. The van der Waals surface area contributed by atoms with E-state index in [0.717, 1.165) is 43.8 Å². The standard InChI is InChI=1S/C31H30BrFN4O5S2/c1-40-29-16-26-24(15-23(29)27-18-43-30(37-27)7-4-10-41-11-12-44(2,38)39)31(35-19-34-26)36-22-8-9-28(25(32)14-22)42-17-20-5-3-6-21(33)13-20/h3,5-6,8-9,13-16,18-19H,4,7,10-12,17H2,1-2H3,(H,34,35,36). The number of hydrogen-bond acceptors (Lipinski definition) is 10. The molecule has 0 bridgehead atoms. The summed E-state index contributed by atoms with van der Waals surface area (Å²) in [6, 6.07) is 15.7. The molecule has 0 saturated carbocycles. The van der Waals surface area contributed by atoms with Crippen molar-refractivity contribution in [2.75, 3.05) is 37.6 Å². The molecule has 1 N–H and O–H groups in total. The molecular formula is C31H30BrFN4O5S2. The summed E-state index contributed by atoms with van der Waals surface area (Å²) in [4.78, 5) is 13.8. The maximum absolute atomic E-state index is 13.5. The van der Waals surface area contributed by atoms with Crippen LogP contribution >= 0.6 is 27.3 Å². The lowest BCUT2D eigenvalue weighted by atomic mass is 10.1. The third kappa shape index (κ3) is 8.50. The molecule has 0 atom stereocenters. The molecule has 0 unspecified atom stereocenters. The molecule has 0 fully saturated rings. The SMILES string of the molecule is COc1cc2ncnc(Nc3ccc(OCc4cccc(F)c4)c(Br)c3)c2cc1-c1csc(CCCOCCS(C)(=O)=O)n1. The van der Waals surface area contributed by atoms with Crippen LogP contribution < -0.4 is 14.8 Å². The van der Waals surface area contributed by atoms with Crippen molar-refractivity contribution in [3.63, 3.8) is 0 Å². The zero-order valence-corrected chi connectivity index (χ0v) is 27.3. The van der Waals surface area contributed by atoms with Gasteiger partial charge >= 0.3 is 0 Å². The number of anilines is 2. The molecule has 0 radical (unpaired) electrons. The van der Waals surface area contributed by atoms with Crippen LogP contribution in [0, 0.1) is 5.82 Å². The van der Waals surface area contributed by atoms with Gasteiger partial charge in [-0.3, -0.25) is 0 Å². The minimum absolute atomic E-state index is 0.0196. The number of aryl methyl sites for hydroxylation is 1. The Labute approximate surface area is 267 Å². The van der Waals surface area contributed by atoms with Crippen LogP contribution in [0.5, 0.6) is 11.5 Å². The fourth-order valence-corrected chi connectivity index (χ4v) is 6.11. The molecule has 0 aliphatic heterocycles. The van der Waals surface area contributed by atoms with E-state index in [4.69, 9.17) is 19.2 Å². The van der Waals surface area contributed by atoms with Gasteiger partial charge in [-0.15, -0.1) is 11.3 Å². The van der Waals surface area contributed by atoms with E-state index in [1.54, 1.807) is 24.5 Å². The lowest BCUT2D eigenvalue weighted by Crippen LogP contribution is -2.10. The van der Waals surface area contributed by atoms with E-state index in [9.17, 15) is 12.8 Å². The van der Waals surface area contributed by atoms with Crippen molar-refractivity contribution in [2.45, 2.75) is 19.4 Å². The first-order chi connectivity index (χ1) is 21.2. The van der Waals surface area contributed by atoms with Crippen molar-refractivity contribution >= 4 is 59.5 Å². The maximum atomic E-state index is 13.5. The van der Waals surface area contributed by atoms with Gasteiger partial charge in [0.25, 0.3) is 0 Å². The Morgan fingerprint density at radius 3 is 2.68 bits per heavy atom. The van der Waals surface area contributed by atoms with Gasteiger partial charge in [-0.2, -0.15) is 0 Å². The molecule has 44 heavy (non-hydrogen) atoms. The van der Waals surface area contributed by atoms with E-state index in [1.165, 1.54) is 24.7 Å². The van der Waals surface area contributed by atoms with Crippen molar-refractivity contribution in [1.29, 1.82) is 0 Å². The molecule has 0 aliphatic rings. The molecule has 3 aromatic carbocycles. The fraction of sp³-hybridized carbons (Fsp3) is 0.258. The Bertz CT molecular complexity index is 1870. The van der Waals surface area contributed by atoms with Crippen LogP contribution in [0.15, 0.2) is 70.8 Å². The highest BCUT2D eigenvalue weighted by molar-refractivity contribution is 9.10. The number of methoxy groups -OCH3 is 1. The van der Waals surface area contributed by atoms with Crippen molar-refractivity contribution in [3.05, 3.63) is 87.2 Å². The molecule has 0 spiro atoms. The van der Waals surface area contributed by atoms with Gasteiger partial charge in [0.05, 0.1) is 40.2 Å². The Morgan fingerprint density at radius 2 is 1.91 bits per heavy atom. The first kappa shape index (κ1) is 31.8. The van der Waals surface area contributed by atoms with E-state index < -0.39 is 9.84 Å². The molecular weight excluding hydrogens is 671 g/mol. The first-order valence-corrected chi connectivity index (χ1v) is 17.4. The number of aromatic nitrogens is 3. The summed E-state index contributed by atoms with van der Waals surface area (Å²) in [6.45, 7) is 0.897. The van der Waals surface area contributed by atoms with Crippen LogP contribution in [0.3, 0.4) is 0 Å².